The lowest BCUT2D eigenvalue weighted by Gasteiger charge is -2.44. The largest absolute Gasteiger partial charge is 0.367 e. The van der Waals surface area contributed by atoms with Crippen LogP contribution < -0.4 is 4.90 Å². The molecule has 3 fully saturated rings. The summed E-state index contributed by atoms with van der Waals surface area (Å²) in [4.78, 5) is 7.63. The molecule has 1 atom stereocenters. The Morgan fingerprint density at radius 1 is 0.846 bits per heavy atom. The molecular formula is C22H34FN3. The van der Waals surface area contributed by atoms with Crippen LogP contribution in [0.5, 0.6) is 0 Å². The smallest absolute Gasteiger partial charge is 0.146 e. The molecule has 4 heteroatoms. The van der Waals surface area contributed by atoms with Gasteiger partial charge in [0.2, 0.25) is 0 Å². The fourth-order valence-electron chi connectivity index (χ4n) is 5.27. The summed E-state index contributed by atoms with van der Waals surface area (Å²) in [6.07, 6.45) is 9.90. The van der Waals surface area contributed by atoms with E-state index in [-0.39, 0.29) is 5.82 Å². The van der Waals surface area contributed by atoms with E-state index in [1.54, 1.807) is 12.1 Å². The minimum absolute atomic E-state index is 0.0859. The van der Waals surface area contributed by atoms with Gasteiger partial charge >= 0.3 is 0 Å². The molecule has 0 spiro atoms. The first-order chi connectivity index (χ1) is 12.8. The maximum atomic E-state index is 14.0. The second-order valence-corrected chi connectivity index (χ2v) is 8.53. The number of benzene rings is 1. The number of hydrogen-bond acceptors (Lipinski definition) is 3. The van der Waals surface area contributed by atoms with Gasteiger partial charge in [-0.25, -0.2) is 4.39 Å². The third kappa shape index (κ3) is 4.40. The second-order valence-electron chi connectivity index (χ2n) is 8.53. The first-order valence-corrected chi connectivity index (χ1v) is 10.8. The first kappa shape index (κ1) is 18.2. The summed E-state index contributed by atoms with van der Waals surface area (Å²) in [5, 5.41) is 0. The van der Waals surface area contributed by atoms with E-state index in [9.17, 15) is 4.39 Å². The van der Waals surface area contributed by atoms with E-state index in [0.29, 0.717) is 6.04 Å². The van der Waals surface area contributed by atoms with Gasteiger partial charge in [-0.1, -0.05) is 31.4 Å². The van der Waals surface area contributed by atoms with Gasteiger partial charge in [0.15, 0.2) is 0 Å². The van der Waals surface area contributed by atoms with Gasteiger partial charge in [0, 0.05) is 45.3 Å². The van der Waals surface area contributed by atoms with Crippen molar-refractivity contribution in [2.75, 3.05) is 50.7 Å². The maximum absolute atomic E-state index is 14.0. The molecule has 2 saturated heterocycles. The Hall–Kier alpha value is -1.13. The van der Waals surface area contributed by atoms with Crippen LogP contribution in [0.1, 0.15) is 44.9 Å². The van der Waals surface area contributed by atoms with Crippen LogP contribution in [0.4, 0.5) is 10.1 Å². The minimum atomic E-state index is -0.0859. The van der Waals surface area contributed by atoms with Gasteiger partial charge in [-0.2, -0.15) is 0 Å². The molecule has 0 amide bonds. The molecule has 0 unspecified atom stereocenters. The zero-order chi connectivity index (χ0) is 17.8. The van der Waals surface area contributed by atoms with Crippen LogP contribution >= 0.6 is 0 Å². The van der Waals surface area contributed by atoms with E-state index in [0.717, 1.165) is 37.8 Å². The molecule has 0 aromatic heterocycles. The van der Waals surface area contributed by atoms with Crippen LogP contribution in [0.15, 0.2) is 24.3 Å². The number of piperidine rings is 1. The van der Waals surface area contributed by atoms with Gasteiger partial charge in [0.25, 0.3) is 0 Å². The van der Waals surface area contributed by atoms with Gasteiger partial charge in [-0.05, 0) is 50.3 Å². The average Bonchev–Trinajstić information content (AvgIpc) is 2.70. The van der Waals surface area contributed by atoms with E-state index >= 15 is 0 Å². The number of para-hydroxylation sites is 1. The molecule has 1 aliphatic carbocycles. The summed E-state index contributed by atoms with van der Waals surface area (Å²) in [7, 11) is 0. The predicted octanol–water partition coefficient (Wildman–Crippen LogP) is 3.99. The highest BCUT2D eigenvalue weighted by atomic mass is 19.1. The molecule has 1 saturated carbocycles. The molecule has 0 bridgehead atoms. The lowest BCUT2D eigenvalue weighted by molar-refractivity contribution is 0.0786. The number of halogens is 1. The fraction of sp³-hybridized carbons (Fsp3) is 0.727. The highest BCUT2D eigenvalue weighted by molar-refractivity contribution is 5.48. The number of nitrogens with zero attached hydrogens (tertiary/aromatic N) is 3. The van der Waals surface area contributed by atoms with Crippen molar-refractivity contribution in [3.05, 3.63) is 30.1 Å². The normalized spacial score (nSPS) is 27.0. The van der Waals surface area contributed by atoms with Crippen LogP contribution in [0, 0.1) is 11.7 Å². The van der Waals surface area contributed by atoms with Crippen molar-refractivity contribution in [3.8, 4) is 0 Å². The van der Waals surface area contributed by atoms with Crippen LogP contribution in [-0.4, -0.2) is 61.7 Å². The Kier molecular flexibility index (Phi) is 6.11. The second kappa shape index (κ2) is 8.71. The Labute approximate surface area is 158 Å². The molecule has 0 N–H and O–H groups in total. The van der Waals surface area contributed by atoms with Crippen molar-refractivity contribution in [1.82, 2.24) is 9.80 Å². The summed E-state index contributed by atoms with van der Waals surface area (Å²) in [5.41, 5.74) is 0.773. The lowest BCUT2D eigenvalue weighted by atomic mass is 9.88. The Morgan fingerprint density at radius 3 is 2.38 bits per heavy atom. The number of piperazine rings is 1. The third-order valence-corrected chi connectivity index (χ3v) is 6.75. The molecule has 144 valence electrons. The minimum Gasteiger partial charge on any atom is -0.367 e. The quantitative estimate of drug-likeness (QED) is 0.805. The highest BCUT2D eigenvalue weighted by Gasteiger charge is 2.29. The average molecular weight is 360 g/mol. The lowest BCUT2D eigenvalue weighted by Crippen LogP contribution is -2.55. The topological polar surface area (TPSA) is 9.72 Å². The summed E-state index contributed by atoms with van der Waals surface area (Å²) in [6, 6.07) is 7.91. The van der Waals surface area contributed by atoms with E-state index in [1.165, 1.54) is 64.6 Å². The van der Waals surface area contributed by atoms with Crippen molar-refractivity contribution < 1.29 is 4.39 Å². The summed E-state index contributed by atoms with van der Waals surface area (Å²) in [6.45, 7) is 7.89. The van der Waals surface area contributed by atoms with Crippen LogP contribution in [-0.2, 0) is 0 Å². The van der Waals surface area contributed by atoms with Crippen molar-refractivity contribution >= 4 is 5.69 Å². The number of rotatable bonds is 4. The molecule has 3 nitrogen and oxygen atoms in total. The zero-order valence-electron chi connectivity index (χ0n) is 16.1. The van der Waals surface area contributed by atoms with Crippen molar-refractivity contribution in [1.29, 1.82) is 0 Å². The molecule has 1 aromatic carbocycles. The zero-order valence-corrected chi connectivity index (χ0v) is 16.1. The van der Waals surface area contributed by atoms with Crippen LogP contribution in [0.2, 0.25) is 0 Å². The van der Waals surface area contributed by atoms with Gasteiger partial charge < -0.3 is 9.80 Å². The third-order valence-electron chi connectivity index (χ3n) is 6.75. The number of hydrogen-bond donors (Lipinski definition) is 0. The number of likely N-dealkylation sites (tertiary alicyclic amines) is 1. The summed E-state index contributed by atoms with van der Waals surface area (Å²) in [5.74, 6) is 0.859. The van der Waals surface area contributed by atoms with Crippen LogP contribution in [0.25, 0.3) is 0 Å². The van der Waals surface area contributed by atoms with Crippen molar-refractivity contribution in [2.24, 2.45) is 5.92 Å². The van der Waals surface area contributed by atoms with Crippen LogP contribution in [0.3, 0.4) is 0 Å². The fourth-order valence-corrected chi connectivity index (χ4v) is 5.27. The Morgan fingerprint density at radius 2 is 1.62 bits per heavy atom. The van der Waals surface area contributed by atoms with Gasteiger partial charge in [-0.3, -0.25) is 4.90 Å². The summed E-state index contributed by atoms with van der Waals surface area (Å²) < 4.78 is 14.0. The standard InChI is InChI=1S/C22H34FN3/c23-21-10-4-5-11-22(21)26-15-13-25(14-16-26)20-9-6-12-24(18-20)17-19-7-2-1-3-8-19/h4-5,10-11,19-20H,1-3,6-9,12-18H2/t20-/m1/s1. The molecule has 2 heterocycles. The molecule has 0 radical (unpaired) electrons. The molecule has 1 aromatic rings. The van der Waals surface area contributed by atoms with E-state index in [1.807, 2.05) is 12.1 Å². The van der Waals surface area contributed by atoms with E-state index in [4.69, 9.17) is 0 Å². The summed E-state index contributed by atoms with van der Waals surface area (Å²) >= 11 is 0. The predicted molar refractivity (Wildman–Crippen MR) is 106 cm³/mol. The Bertz CT molecular complexity index is 564. The molecule has 2 aliphatic heterocycles. The van der Waals surface area contributed by atoms with Gasteiger partial charge in [0.1, 0.15) is 5.82 Å². The molecular weight excluding hydrogens is 325 g/mol. The van der Waals surface area contributed by atoms with Crippen molar-refractivity contribution in [3.63, 3.8) is 0 Å². The number of anilines is 1. The Balaban J connectivity index is 1.28. The van der Waals surface area contributed by atoms with Gasteiger partial charge in [-0.15, -0.1) is 0 Å². The molecule has 3 aliphatic rings. The first-order valence-electron chi connectivity index (χ1n) is 10.8. The van der Waals surface area contributed by atoms with E-state index in [2.05, 4.69) is 14.7 Å². The van der Waals surface area contributed by atoms with Gasteiger partial charge in [0.05, 0.1) is 5.69 Å². The highest BCUT2D eigenvalue weighted by Crippen LogP contribution is 2.27. The SMILES string of the molecule is Fc1ccccc1N1CCN([C@@H]2CCCN(CC3CCCCC3)C2)CC1. The van der Waals surface area contributed by atoms with Crippen molar-refractivity contribution in [2.45, 2.75) is 51.0 Å². The van der Waals surface area contributed by atoms with E-state index < -0.39 is 0 Å². The monoisotopic (exact) mass is 359 g/mol. The maximum Gasteiger partial charge on any atom is 0.146 e. The molecule has 26 heavy (non-hydrogen) atoms. The molecule has 4 rings (SSSR count).